The van der Waals surface area contributed by atoms with Gasteiger partial charge < -0.3 is 10.1 Å². The minimum Gasteiger partial charge on any atom is -0.383 e. The normalized spacial score (nSPS) is 12.9. The van der Waals surface area contributed by atoms with Crippen molar-refractivity contribution in [2.75, 3.05) is 38.7 Å². The number of nitrogens with zero attached hydrogens (tertiary/aromatic N) is 5. The SMILES string of the molecule is CCN(CCOC)CCn1cc2c(n1)CCc1c-2sc2ncnc(Nc3ccc(F)c(Cl)c3)c12. The van der Waals surface area contributed by atoms with Gasteiger partial charge in [0, 0.05) is 42.5 Å². The van der Waals surface area contributed by atoms with Gasteiger partial charge in [0.15, 0.2) is 0 Å². The van der Waals surface area contributed by atoms with Gasteiger partial charge in [0.1, 0.15) is 22.8 Å². The third-order valence-electron chi connectivity index (χ3n) is 6.17. The van der Waals surface area contributed by atoms with Crippen LogP contribution in [0.4, 0.5) is 15.9 Å². The molecule has 4 aromatic rings. The summed E-state index contributed by atoms with van der Waals surface area (Å²) < 4.78 is 20.9. The van der Waals surface area contributed by atoms with E-state index in [1.165, 1.54) is 22.1 Å². The third kappa shape index (κ3) is 4.53. The first kappa shape index (κ1) is 23.2. The standard InChI is InChI=1S/C24H26ClFN6OS/c1-3-31(10-11-33-2)8-9-32-13-17-20(30-32)7-5-16-21-23(27-14-28-24(21)34-22(16)17)29-15-4-6-19(26)18(25)12-15/h4,6,12-14H,3,5,7-11H2,1-2H3,(H,27,28,29). The van der Waals surface area contributed by atoms with Crippen LogP contribution in [0.3, 0.4) is 0 Å². The highest BCUT2D eigenvalue weighted by molar-refractivity contribution is 7.22. The van der Waals surface area contributed by atoms with Gasteiger partial charge in [0.05, 0.1) is 29.3 Å². The highest BCUT2D eigenvalue weighted by Crippen LogP contribution is 2.45. The van der Waals surface area contributed by atoms with Crippen LogP contribution in [0.25, 0.3) is 20.7 Å². The van der Waals surface area contributed by atoms with E-state index in [9.17, 15) is 4.39 Å². The number of halogens is 2. The molecule has 0 radical (unpaired) electrons. The molecule has 0 saturated carbocycles. The Labute approximate surface area is 206 Å². The van der Waals surface area contributed by atoms with E-state index in [1.807, 2.05) is 0 Å². The first-order valence-electron chi connectivity index (χ1n) is 11.3. The molecule has 0 atom stereocenters. The second-order valence-electron chi connectivity index (χ2n) is 8.25. The smallest absolute Gasteiger partial charge is 0.142 e. The predicted octanol–water partition coefficient (Wildman–Crippen LogP) is 5.16. The Balaban J connectivity index is 1.43. The van der Waals surface area contributed by atoms with Gasteiger partial charge in [-0.15, -0.1) is 11.3 Å². The van der Waals surface area contributed by atoms with Crippen LogP contribution >= 0.6 is 22.9 Å². The van der Waals surface area contributed by atoms with E-state index in [2.05, 4.69) is 38.0 Å². The molecular weight excluding hydrogens is 475 g/mol. The highest BCUT2D eigenvalue weighted by atomic mass is 35.5. The van der Waals surface area contributed by atoms with Crippen molar-refractivity contribution >= 4 is 44.7 Å². The summed E-state index contributed by atoms with van der Waals surface area (Å²) in [5.41, 5.74) is 4.23. The summed E-state index contributed by atoms with van der Waals surface area (Å²) in [6.45, 7) is 6.57. The topological polar surface area (TPSA) is 68.1 Å². The van der Waals surface area contributed by atoms with Crippen LogP contribution in [0.2, 0.25) is 5.02 Å². The van der Waals surface area contributed by atoms with E-state index < -0.39 is 5.82 Å². The molecule has 0 bridgehead atoms. The van der Waals surface area contributed by atoms with Crippen molar-refractivity contribution in [1.82, 2.24) is 24.6 Å². The summed E-state index contributed by atoms with van der Waals surface area (Å²) in [5, 5.41) is 9.27. The number of aromatic nitrogens is 4. The molecule has 34 heavy (non-hydrogen) atoms. The fourth-order valence-corrected chi connectivity index (χ4v) is 5.74. The first-order valence-corrected chi connectivity index (χ1v) is 12.5. The molecule has 178 valence electrons. The average Bonchev–Trinajstić information content (AvgIpc) is 3.43. The minimum atomic E-state index is -0.446. The molecule has 0 saturated heterocycles. The van der Waals surface area contributed by atoms with E-state index in [-0.39, 0.29) is 5.02 Å². The fourth-order valence-electron chi connectivity index (χ4n) is 4.34. The number of hydrogen-bond acceptors (Lipinski definition) is 7. The molecule has 10 heteroatoms. The number of thiophene rings is 1. The number of rotatable bonds is 9. The van der Waals surface area contributed by atoms with Crippen LogP contribution in [-0.4, -0.2) is 58.0 Å². The monoisotopic (exact) mass is 500 g/mol. The molecule has 7 nitrogen and oxygen atoms in total. The quantitative estimate of drug-likeness (QED) is 0.342. The Morgan fingerprint density at radius 1 is 1.26 bits per heavy atom. The molecule has 0 unspecified atom stereocenters. The summed E-state index contributed by atoms with van der Waals surface area (Å²) >= 11 is 7.63. The fraction of sp³-hybridized carbons (Fsp3) is 0.375. The number of benzene rings is 1. The number of hydrogen-bond donors (Lipinski definition) is 1. The van der Waals surface area contributed by atoms with Gasteiger partial charge in [0.2, 0.25) is 0 Å². The molecule has 0 fully saturated rings. The van der Waals surface area contributed by atoms with Gasteiger partial charge in [-0.05, 0) is 43.1 Å². The van der Waals surface area contributed by atoms with Gasteiger partial charge in [0.25, 0.3) is 0 Å². The second-order valence-corrected chi connectivity index (χ2v) is 9.65. The van der Waals surface area contributed by atoms with Gasteiger partial charge >= 0.3 is 0 Å². The van der Waals surface area contributed by atoms with Crippen LogP contribution in [0.5, 0.6) is 0 Å². The maximum atomic E-state index is 13.6. The summed E-state index contributed by atoms with van der Waals surface area (Å²) in [7, 11) is 1.73. The number of anilines is 2. The Bertz CT molecular complexity index is 1320. The molecule has 1 aliphatic carbocycles. The lowest BCUT2D eigenvalue weighted by atomic mass is 9.95. The molecule has 0 amide bonds. The number of ether oxygens (including phenoxy) is 1. The molecule has 0 spiro atoms. The first-order chi connectivity index (χ1) is 16.6. The molecule has 0 aliphatic heterocycles. The Kier molecular flexibility index (Phi) is 6.78. The average molecular weight is 501 g/mol. The van der Waals surface area contributed by atoms with Crippen molar-refractivity contribution in [2.45, 2.75) is 26.3 Å². The lowest BCUT2D eigenvalue weighted by Crippen LogP contribution is -2.30. The maximum Gasteiger partial charge on any atom is 0.142 e. The minimum absolute atomic E-state index is 0.0727. The molecule has 1 aromatic carbocycles. The summed E-state index contributed by atoms with van der Waals surface area (Å²) in [6, 6.07) is 4.57. The molecule has 1 aliphatic rings. The molecule has 3 aromatic heterocycles. The van der Waals surface area contributed by atoms with E-state index in [0.29, 0.717) is 11.5 Å². The van der Waals surface area contributed by atoms with E-state index in [0.717, 1.165) is 61.5 Å². The lowest BCUT2D eigenvalue weighted by molar-refractivity contribution is 0.148. The second kappa shape index (κ2) is 9.95. The number of aryl methyl sites for hydroxylation is 2. The Hall–Kier alpha value is -2.59. The maximum absolute atomic E-state index is 13.6. The van der Waals surface area contributed by atoms with Crippen molar-refractivity contribution in [1.29, 1.82) is 0 Å². The summed E-state index contributed by atoms with van der Waals surface area (Å²) in [6.07, 6.45) is 5.47. The van der Waals surface area contributed by atoms with E-state index in [1.54, 1.807) is 36.9 Å². The van der Waals surface area contributed by atoms with Crippen LogP contribution in [0.15, 0.2) is 30.7 Å². The van der Waals surface area contributed by atoms with Gasteiger partial charge in [-0.3, -0.25) is 9.58 Å². The van der Waals surface area contributed by atoms with Gasteiger partial charge in [-0.2, -0.15) is 5.10 Å². The van der Waals surface area contributed by atoms with Crippen LogP contribution < -0.4 is 5.32 Å². The number of fused-ring (bicyclic) bond motifs is 5. The molecule has 3 heterocycles. The van der Waals surface area contributed by atoms with Crippen molar-refractivity contribution < 1.29 is 9.13 Å². The number of likely N-dealkylation sites (N-methyl/N-ethyl adjacent to an activating group) is 1. The molecular formula is C24H26ClFN6OS. The number of methoxy groups -OCH3 is 1. The zero-order chi connectivity index (χ0) is 23.7. The van der Waals surface area contributed by atoms with Crippen molar-refractivity contribution in [3.05, 3.63) is 52.8 Å². The van der Waals surface area contributed by atoms with Crippen molar-refractivity contribution in [3.63, 3.8) is 0 Å². The van der Waals surface area contributed by atoms with Crippen LogP contribution in [0, 0.1) is 5.82 Å². The summed E-state index contributed by atoms with van der Waals surface area (Å²) in [5.74, 6) is 0.260. The summed E-state index contributed by atoms with van der Waals surface area (Å²) in [4.78, 5) is 13.5. The largest absolute Gasteiger partial charge is 0.383 e. The predicted molar refractivity (Wildman–Crippen MR) is 135 cm³/mol. The van der Waals surface area contributed by atoms with Gasteiger partial charge in [-0.1, -0.05) is 18.5 Å². The zero-order valence-corrected chi connectivity index (χ0v) is 20.7. The van der Waals surface area contributed by atoms with E-state index >= 15 is 0 Å². The Morgan fingerprint density at radius 2 is 2.15 bits per heavy atom. The zero-order valence-electron chi connectivity index (χ0n) is 19.1. The third-order valence-corrected chi connectivity index (χ3v) is 7.63. The molecule has 1 N–H and O–H groups in total. The Morgan fingerprint density at radius 3 is 2.94 bits per heavy atom. The number of nitrogens with one attached hydrogen (secondary N) is 1. The van der Waals surface area contributed by atoms with E-state index in [4.69, 9.17) is 21.4 Å². The van der Waals surface area contributed by atoms with Crippen molar-refractivity contribution in [3.8, 4) is 10.4 Å². The lowest BCUT2D eigenvalue weighted by Gasteiger charge is -2.19. The van der Waals surface area contributed by atoms with Gasteiger partial charge in [-0.25, -0.2) is 14.4 Å². The van der Waals surface area contributed by atoms with Crippen molar-refractivity contribution in [2.24, 2.45) is 0 Å². The van der Waals surface area contributed by atoms with Crippen LogP contribution in [-0.2, 0) is 24.1 Å². The highest BCUT2D eigenvalue weighted by Gasteiger charge is 2.26. The van der Waals surface area contributed by atoms with Crippen LogP contribution in [0.1, 0.15) is 18.2 Å². The molecule has 5 rings (SSSR count).